The number of amidine groups is 1. The van der Waals surface area contributed by atoms with Gasteiger partial charge in [-0.25, -0.2) is 0 Å². The van der Waals surface area contributed by atoms with Crippen LogP contribution in [0.4, 0.5) is 0 Å². The Morgan fingerprint density at radius 3 is 3.00 bits per heavy atom. The molecule has 98 valence electrons. The summed E-state index contributed by atoms with van der Waals surface area (Å²) in [5.41, 5.74) is 0. The Labute approximate surface area is 109 Å². The van der Waals surface area contributed by atoms with Crippen molar-refractivity contribution >= 4 is 16.9 Å². The van der Waals surface area contributed by atoms with Gasteiger partial charge in [0.2, 0.25) is 0 Å². The van der Waals surface area contributed by atoms with Gasteiger partial charge >= 0.3 is 0 Å². The summed E-state index contributed by atoms with van der Waals surface area (Å²) in [5.74, 6) is 1.88. The van der Waals surface area contributed by atoms with Gasteiger partial charge in [-0.3, -0.25) is 9.89 Å². The summed E-state index contributed by atoms with van der Waals surface area (Å²) in [6, 6.07) is 1.30. The second-order valence-corrected chi connectivity index (χ2v) is 6.39. The number of hydrogen-bond donors (Lipinski definition) is 1. The van der Waals surface area contributed by atoms with Crippen LogP contribution in [0.5, 0.6) is 0 Å². The first-order valence-electron chi connectivity index (χ1n) is 6.88. The summed E-state index contributed by atoms with van der Waals surface area (Å²) in [4.78, 5) is 7.32. The Morgan fingerprint density at radius 2 is 2.35 bits per heavy atom. The van der Waals surface area contributed by atoms with Gasteiger partial charge in [-0.15, -0.1) is 0 Å². The quantitative estimate of drug-likeness (QED) is 0.834. The van der Waals surface area contributed by atoms with Gasteiger partial charge in [0, 0.05) is 17.8 Å². The lowest BCUT2D eigenvalue weighted by Gasteiger charge is -2.21. The van der Waals surface area contributed by atoms with Crippen LogP contribution in [0.25, 0.3) is 0 Å². The molecule has 0 aliphatic carbocycles. The summed E-state index contributed by atoms with van der Waals surface area (Å²) < 4.78 is 0. The fraction of sp³-hybridized carbons (Fsp3) is 0.923. The van der Waals surface area contributed by atoms with Crippen LogP contribution in [0.3, 0.4) is 0 Å². The highest BCUT2D eigenvalue weighted by atomic mass is 32.2. The van der Waals surface area contributed by atoms with Crippen LogP contribution < -0.4 is 5.32 Å². The van der Waals surface area contributed by atoms with Crippen LogP contribution in [0.2, 0.25) is 0 Å². The molecule has 0 radical (unpaired) electrons. The van der Waals surface area contributed by atoms with E-state index >= 15 is 0 Å². The molecule has 2 aliphatic rings. The van der Waals surface area contributed by atoms with Gasteiger partial charge in [0.25, 0.3) is 0 Å². The number of hydrogen-bond acceptors (Lipinski definition) is 3. The van der Waals surface area contributed by atoms with E-state index in [0.717, 1.165) is 6.54 Å². The third-order valence-electron chi connectivity index (χ3n) is 3.86. The zero-order valence-corrected chi connectivity index (χ0v) is 12.1. The van der Waals surface area contributed by atoms with Crippen molar-refractivity contribution in [3.05, 3.63) is 0 Å². The molecule has 1 N–H and O–H groups in total. The first-order chi connectivity index (χ1) is 8.20. The van der Waals surface area contributed by atoms with Crippen molar-refractivity contribution in [2.24, 2.45) is 10.9 Å². The average molecular weight is 255 g/mol. The highest BCUT2D eigenvalue weighted by Gasteiger charge is 2.25. The molecular weight excluding hydrogens is 230 g/mol. The number of likely N-dealkylation sites (tertiary alicyclic amines) is 1. The molecule has 2 atom stereocenters. The van der Waals surface area contributed by atoms with Gasteiger partial charge in [0.05, 0.1) is 6.54 Å². The smallest absolute Gasteiger partial charge is 0.156 e. The lowest BCUT2D eigenvalue weighted by Crippen LogP contribution is -2.34. The molecule has 0 spiro atoms. The van der Waals surface area contributed by atoms with E-state index in [4.69, 9.17) is 4.99 Å². The van der Waals surface area contributed by atoms with Crippen LogP contribution in [-0.4, -0.2) is 47.5 Å². The van der Waals surface area contributed by atoms with Crippen LogP contribution in [0.15, 0.2) is 4.99 Å². The monoisotopic (exact) mass is 255 g/mol. The first kappa shape index (κ1) is 13.2. The summed E-state index contributed by atoms with van der Waals surface area (Å²) >= 11 is 1.89. The third kappa shape index (κ3) is 3.38. The van der Waals surface area contributed by atoms with Gasteiger partial charge in [0.15, 0.2) is 5.17 Å². The maximum atomic E-state index is 4.76. The van der Waals surface area contributed by atoms with Gasteiger partial charge in [-0.2, -0.15) is 0 Å². The van der Waals surface area contributed by atoms with E-state index in [2.05, 4.69) is 31.0 Å². The van der Waals surface area contributed by atoms with Crippen LogP contribution in [-0.2, 0) is 0 Å². The van der Waals surface area contributed by atoms with E-state index in [9.17, 15) is 0 Å². The molecule has 3 nitrogen and oxygen atoms in total. The number of nitrogens with zero attached hydrogens (tertiary/aromatic N) is 2. The van der Waals surface area contributed by atoms with E-state index in [1.165, 1.54) is 36.9 Å². The summed E-state index contributed by atoms with van der Waals surface area (Å²) in [6.07, 6.45) is 2.67. The highest BCUT2D eigenvalue weighted by Crippen LogP contribution is 2.21. The molecule has 0 bridgehead atoms. The molecule has 0 saturated carbocycles. The summed E-state index contributed by atoms with van der Waals surface area (Å²) in [5, 5.41) is 4.71. The van der Waals surface area contributed by atoms with Gasteiger partial charge < -0.3 is 5.32 Å². The largest absolute Gasteiger partial charge is 0.361 e. The zero-order chi connectivity index (χ0) is 12.3. The maximum absolute atomic E-state index is 4.76. The van der Waals surface area contributed by atoms with Crippen molar-refractivity contribution in [1.29, 1.82) is 0 Å². The Balaban J connectivity index is 1.81. The SMILES string of the molecule is CCN1CCCC1CN=C1NC(C(C)C)CS1. The predicted molar refractivity (Wildman–Crippen MR) is 76.8 cm³/mol. The van der Waals surface area contributed by atoms with Crippen molar-refractivity contribution in [2.45, 2.75) is 45.7 Å². The molecule has 2 fully saturated rings. The Hall–Kier alpha value is -0.220. The molecule has 2 saturated heterocycles. The topological polar surface area (TPSA) is 27.6 Å². The fourth-order valence-corrected chi connectivity index (χ4v) is 3.77. The number of rotatable bonds is 4. The fourth-order valence-electron chi connectivity index (χ4n) is 2.57. The summed E-state index contributed by atoms with van der Waals surface area (Å²) in [6.45, 7) is 10.2. The maximum Gasteiger partial charge on any atom is 0.156 e. The Kier molecular flexibility index (Phi) is 4.74. The lowest BCUT2D eigenvalue weighted by atomic mass is 10.1. The van der Waals surface area contributed by atoms with E-state index in [-0.39, 0.29) is 0 Å². The van der Waals surface area contributed by atoms with E-state index in [1.54, 1.807) is 0 Å². The highest BCUT2D eigenvalue weighted by molar-refractivity contribution is 8.14. The normalized spacial score (nSPS) is 32.6. The molecule has 17 heavy (non-hydrogen) atoms. The molecule has 0 amide bonds. The van der Waals surface area contributed by atoms with Crippen LogP contribution in [0, 0.1) is 5.92 Å². The number of likely N-dealkylation sites (N-methyl/N-ethyl adjacent to an activating group) is 1. The van der Waals surface area contributed by atoms with Gasteiger partial charge in [-0.1, -0.05) is 32.5 Å². The Bertz CT molecular complexity index is 278. The number of aliphatic imine (C=N–C) groups is 1. The van der Waals surface area contributed by atoms with Crippen molar-refractivity contribution < 1.29 is 0 Å². The molecule has 0 aromatic carbocycles. The minimum atomic E-state index is 0.615. The van der Waals surface area contributed by atoms with Crippen LogP contribution >= 0.6 is 11.8 Å². The van der Waals surface area contributed by atoms with E-state index in [0.29, 0.717) is 18.0 Å². The van der Waals surface area contributed by atoms with Crippen molar-refractivity contribution in [2.75, 3.05) is 25.4 Å². The second-order valence-electron chi connectivity index (χ2n) is 5.38. The third-order valence-corrected chi connectivity index (χ3v) is 4.91. The number of nitrogens with one attached hydrogen (secondary N) is 1. The molecular formula is C13H25N3S. The number of thioether (sulfide) groups is 1. The van der Waals surface area contributed by atoms with Gasteiger partial charge in [-0.05, 0) is 31.8 Å². The first-order valence-corrected chi connectivity index (χ1v) is 7.87. The van der Waals surface area contributed by atoms with E-state index < -0.39 is 0 Å². The van der Waals surface area contributed by atoms with E-state index in [1.807, 2.05) is 11.8 Å². The second kappa shape index (κ2) is 6.10. The van der Waals surface area contributed by atoms with Crippen molar-refractivity contribution in [3.8, 4) is 0 Å². The minimum Gasteiger partial charge on any atom is -0.361 e. The molecule has 2 aliphatic heterocycles. The molecule has 0 aromatic heterocycles. The van der Waals surface area contributed by atoms with Crippen molar-refractivity contribution in [1.82, 2.24) is 10.2 Å². The molecule has 2 rings (SSSR count). The standard InChI is InChI=1S/C13H25N3S/c1-4-16-7-5-6-11(16)8-14-13-15-12(9-17-13)10(2)3/h10-12H,4-9H2,1-3H3,(H,14,15). The molecule has 0 aromatic rings. The predicted octanol–water partition coefficient (Wildman–Crippen LogP) is 2.19. The molecule has 2 heterocycles. The molecule has 4 heteroatoms. The zero-order valence-electron chi connectivity index (χ0n) is 11.3. The van der Waals surface area contributed by atoms with Crippen LogP contribution in [0.1, 0.15) is 33.6 Å². The minimum absolute atomic E-state index is 0.615. The van der Waals surface area contributed by atoms with Gasteiger partial charge in [0.1, 0.15) is 0 Å². The molecule has 2 unspecified atom stereocenters. The summed E-state index contributed by atoms with van der Waals surface area (Å²) in [7, 11) is 0. The Morgan fingerprint density at radius 1 is 1.53 bits per heavy atom. The average Bonchev–Trinajstić information content (AvgIpc) is 2.95. The van der Waals surface area contributed by atoms with Crippen molar-refractivity contribution in [3.63, 3.8) is 0 Å². The lowest BCUT2D eigenvalue weighted by molar-refractivity contribution is 0.273.